The van der Waals surface area contributed by atoms with Gasteiger partial charge in [-0.2, -0.15) is 0 Å². The molecule has 0 unspecified atom stereocenters. The van der Waals surface area contributed by atoms with Crippen molar-refractivity contribution in [1.29, 1.82) is 0 Å². The van der Waals surface area contributed by atoms with Crippen LogP contribution >= 0.6 is 0 Å². The lowest BCUT2D eigenvalue weighted by Gasteiger charge is -2.39. The van der Waals surface area contributed by atoms with Crippen molar-refractivity contribution in [3.63, 3.8) is 0 Å². The van der Waals surface area contributed by atoms with Crippen LogP contribution in [-0.2, 0) is 27.3 Å². The summed E-state index contributed by atoms with van der Waals surface area (Å²) in [6.45, 7) is 5.62. The number of aryl methyl sites for hydroxylation is 1. The summed E-state index contributed by atoms with van der Waals surface area (Å²) < 4.78 is 17.0. The van der Waals surface area contributed by atoms with Gasteiger partial charge >= 0.3 is 6.09 Å². The van der Waals surface area contributed by atoms with Crippen molar-refractivity contribution >= 4 is 17.7 Å². The molecule has 4 rings (SSSR count). The van der Waals surface area contributed by atoms with Crippen LogP contribution in [-0.4, -0.2) is 53.3 Å². The number of benzene rings is 2. The molecule has 0 radical (unpaired) electrons. The summed E-state index contributed by atoms with van der Waals surface area (Å²) >= 11 is 0. The summed E-state index contributed by atoms with van der Waals surface area (Å²) in [6, 6.07) is 15.3. The fraction of sp³-hybridized carbons (Fsp3) is 0.500. The van der Waals surface area contributed by atoms with Gasteiger partial charge in [-0.1, -0.05) is 35.5 Å². The molecule has 2 aromatic rings. The number of carbonyl (C=O) groups excluding carboxylic acids is 2. The third kappa shape index (κ3) is 6.71. The maximum absolute atomic E-state index is 12.3. The van der Waals surface area contributed by atoms with Crippen LogP contribution in [0.5, 0.6) is 5.75 Å². The van der Waals surface area contributed by atoms with E-state index in [1.165, 1.54) is 14.0 Å². The number of ketones is 1. The molecule has 1 fully saturated rings. The minimum atomic E-state index is -1.00. The molecule has 2 atom stereocenters. The SMILES string of the molecule is CO[C@](C)(C(C)=O)[C@H]1CCc2cc(/C(=N\O)N[C@]3(C)CC[C@@H](NC(=O)OCc4ccccc4)CC3)ccc2O1. The highest BCUT2D eigenvalue weighted by Gasteiger charge is 2.42. The number of ether oxygens (including phenoxy) is 3. The van der Waals surface area contributed by atoms with E-state index in [1.54, 1.807) is 6.92 Å². The third-order valence-corrected chi connectivity index (χ3v) is 8.16. The number of Topliss-reactive ketones (excluding diaryl/α,β-unsaturated/α-hetero) is 1. The second kappa shape index (κ2) is 12.1. The van der Waals surface area contributed by atoms with Crippen LogP contribution in [0.25, 0.3) is 0 Å². The van der Waals surface area contributed by atoms with Crippen molar-refractivity contribution in [3.8, 4) is 5.75 Å². The fourth-order valence-corrected chi connectivity index (χ4v) is 5.32. The molecule has 9 heteroatoms. The van der Waals surface area contributed by atoms with Gasteiger partial charge in [-0.05, 0) is 88.6 Å². The van der Waals surface area contributed by atoms with Crippen molar-refractivity contribution in [2.45, 2.75) is 89.2 Å². The highest BCUT2D eigenvalue weighted by Crippen LogP contribution is 2.35. The summed E-state index contributed by atoms with van der Waals surface area (Å²) in [4.78, 5) is 24.4. The number of nitrogens with zero attached hydrogens (tertiary/aromatic N) is 1. The minimum absolute atomic E-state index is 0.0271. The van der Waals surface area contributed by atoms with Crippen molar-refractivity contribution in [2.24, 2.45) is 5.16 Å². The van der Waals surface area contributed by atoms with Gasteiger partial charge in [0.25, 0.3) is 0 Å². The smallest absolute Gasteiger partial charge is 0.407 e. The van der Waals surface area contributed by atoms with Gasteiger partial charge in [-0.15, -0.1) is 0 Å². The van der Waals surface area contributed by atoms with Crippen LogP contribution in [0.4, 0.5) is 4.79 Å². The molecule has 1 heterocycles. The second-order valence-electron chi connectivity index (χ2n) is 10.9. The third-order valence-electron chi connectivity index (χ3n) is 8.16. The molecule has 0 bridgehead atoms. The van der Waals surface area contributed by atoms with Crippen molar-refractivity contribution in [2.75, 3.05) is 7.11 Å². The van der Waals surface area contributed by atoms with Crippen LogP contribution in [0, 0.1) is 0 Å². The number of hydrogen-bond acceptors (Lipinski definition) is 7. The predicted molar refractivity (Wildman–Crippen MR) is 147 cm³/mol. The van der Waals surface area contributed by atoms with Gasteiger partial charge in [-0.3, -0.25) is 4.79 Å². The lowest BCUT2D eigenvalue weighted by Crippen LogP contribution is -2.52. The van der Waals surface area contributed by atoms with Crippen molar-refractivity contribution in [1.82, 2.24) is 10.6 Å². The van der Waals surface area contributed by atoms with Gasteiger partial charge in [0.15, 0.2) is 17.2 Å². The molecule has 0 saturated heterocycles. The van der Waals surface area contributed by atoms with Crippen LogP contribution < -0.4 is 15.4 Å². The van der Waals surface area contributed by atoms with E-state index in [1.807, 2.05) is 48.5 Å². The average molecular weight is 538 g/mol. The summed E-state index contributed by atoms with van der Waals surface area (Å²) in [5, 5.41) is 19.8. The zero-order valence-electron chi connectivity index (χ0n) is 23.2. The largest absolute Gasteiger partial charge is 0.487 e. The van der Waals surface area contributed by atoms with Crippen LogP contribution in [0.1, 0.15) is 69.6 Å². The summed E-state index contributed by atoms with van der Waals surface area (Å²) in [6.07, 6.45) is 3.68. The van der Waals surface area contributed by atoms with Gasteiger partial charge in [0.05, 0.1) is 0 Å². The van der Waals surface area contributed by atoms with Gasteiger partial charge in [0.1, 0.15) is 18.5 Å². The Morgan fingerprint density at radius 3 is 2.51 bits per heavy atom. The number of fused-ring (bicyclic) bond motifs is 1. The molecule has 39 heavy (non-hydrogen) atoms. The van der Waals surface area contributed by atoms with Crippen LogP contribution in [0.2, 0.25) is 0 Å². The van der Waals surface area contributed by atoms with E-state index < -0.39 is 11.7 Å². The molecule has 210 valence electrons. The Bertz CT molecular complexity index is 1190. The molecule has 0 aromatic heterocycles. The standard InChI is InChI=1S/C30H39N3O6/c1-20(34)30(3,37-4)26-13-11-22-18-23(10-12-25(22)39-26)27(33-36)32-29(2)16-14-24(15-17-29)31-28(35)38-19-21-8-6-5-7-9-21/h5-10,12,18,24,26,36H,11,13-17,19H2,1-4H3,(H,31,35)(H,32,33)/t24-,26-,29-,30-/m1/s1. The van der Waals surface area contributed by atoms with Gasteiger partial charge < -0.3 is 30.1 Å². The van der Waals surface area contributed by atoms with Gasteiger partial charge in [0.2, 0.25) is 0 Å². The van der Waals surface area contributed by atoms with Crippen LogP contribution in [0.3, 0.4) is 0 Å². The van der Waals surface area contributed by atoms with Gasteiger partial charge in [0, 0.05) is 24.3 Å². The molecule has 2 aromatic carbocycles. The number of nitrogens with one attached hydrogen (secondary N) is 2. The Kier molecular flexibility index (Phi) is 8.80. The number of carbonyl (C=O) groups is 2. The Labute approximate surface area is 229 Å². The second-order valence-corrected chi connectivity index (χ2v) is 10.9. The number of alkyl carbamates (subject to hydrolysis) is 1. The first-order valence-corrected chi connectivity index (χ1v) is 13.5. The molecule has 9 nitrogen and oxygen atoms in total. The number of methoxy groups -OCH3 is 1. The Hall–Kier alpha value is -3.59. The van der Waals surface area contributed by atoms with E-state index in [-0.39, 0.29) is 30.1 Å². The Morgan fingerprint density at radius 2 is 1.87 bits per heavy atom. The zero-order valence-corrected chi connectivity index (χ0v) is 23.2. The molecule has 3 N–H and O–H groups in total. The van der Waals surface area contributed by atoms with Crippen molar-refractivity contribution in [3.05, 3.63) is 65.2 Å². The normalized spacial score (nSPS) is 24.5. The predicted octanol–water partition coefficient (Wildman–Crippen LogP) is 4.73. The van der Waals surface area contributed by atoms with E-state index in [0.29, 0.717) is 24.4 Å². The summed E-state index contributed by atoms with van der Waals surface area (Å²) in [7, 11) is 1.53. The van der Waals surface area contributed by atoms with Crippen molar-refractivity contribution < 1.29 is 29.0 Å². The maximum atomic E-state index is 12.3. The quantitative estimate of drug-likeness (QED) is 0.193. The number of rotatable bonds is 8. The molecule has 0 spiro atoms. The van der Waals surface area contributed by atoms with E-state index in [0.717, 1.165) is 42.4 Å². The average Bonchev–Trinajstić information content (AvgIpc) is 2.95. The molecular formula is C30H39N3O6. The molecule has 1 saturated carbocycles. The van der Waals surface area contributed by atoms with E-state index in [9.17, 15) is 14.8 Å². The first-order valence-electron chi connectivity index (χ1n) is 13.5. The van der Waals surface area contributed by atoms with Gasteiger partial charge in [-0.25, -0.2) is 4.79 Å². The summed E-state index contributed by atoms with van der Waals surface area (Å²) in [5.41, 5.74) is 1.39. The Morgan fingerprint density at radius 1 is 1.15 bits per heavy atom. The van der Waals surface area contributed by atoms with E-state index in [2.05, 4.69) is 22.7 Å². The topological polar surface area (TPSA) is 118 Å². The van der Waals surface area contributed by atoms with E-state index in [4.69, 9.17) is 14.2 Å². The summed E-state index contributed by atoms with van der Waals surface area (Å²) in [5.74, 6) is 1.02. The highest BCUT2D eigenvalue weighted by molar-refractivity contribution is 5.99. The molecule has 2 aliphatic rings. The number of amides is 1. The fourth-order valence-electron chi connectivity index (χ4n) is 5.32. The molecular weight excluding hydrogens is 498 g/mol. The first-order chi connectivity index (χ1) is 18.7. The zero-order chi connectivity index (χ0) is 28.0. The molecule has 1 aliphatic carbocycles. The molecule has 1 aliphatic heterocycles. The monoisotopic (exact) mass is 537 g/mol. The lowest BCUT2D eigenvalue weighted by atomic mass is 9.80. The maximum Gasteiger partial charge on any atom is 0.407 e. The molecule has 1 amide bonds. The first kappa shape index (κ1) is 28.4. The minimum Gasteiger partial charge on any atom is -0.487 e. The highest BCUT2D eigenvalue weighted by atomic mass is 16.6. The van der Waals surface area contributed by atoms with E-state index >= 15 is 0 Å². The number of hydrogen-bond donors (Lipinski definition) is 3. The number of amidine groups is 1. The Balaban J connectivity index is 1.31. The van der Waals surface area contributed by atoms with Crippen LogP contribution in [0.15, 0.2) is 53.7 Å². The number of oxime groups is 1. The lowest BCUT2D eigenvalue weighted by molar-refractivity contribution is -0.149.